The molecule has 0 unspecified atom stereocenters. The van der Waals surface area contributed by atoms with Crippen LogP contribution in [0.4, 0.5) is 5.69 Å². The van der Waals surface area contributed by atoms with Crippen molar-refractivity contribution in [2.24, 2.45) is 0 Å². The molecule has 2 aromatic carbocycles. The van der Waals surface area contributed by atoms with Crippen LogP contribution in [0.25, 0.3) is 10.8 Å². The van der Waals surface area contributed by atoms with Crippen LogP contribution < -0.4 is 5.73 Å². The van der Waals surface area contributed by atoms with E-state index in [4.69, 9.17) is 5.73 Å². The number of aliphatic hydroxyl groups is 1. The number of rotatable bonds is 2. The summed E-state index contributed by atoms with van der Waals surface area (Å²) < 4.78 is 0. The van der Waals surface area contributed by atoms with Gasteiger partial charge in [-0.15, -0.1) is 0 Å². The lowest BCUT2D eigenvalue weighted by Gasteiger charge is -2.46. The Bertz CT molecular complexity index is 675. The van der Waals surface area contributed by atoms with Crippen LogP contribution in [0.1, 0.15) is 23.7 Å². The number of anilines is 1. The Morgan fingerprint density at radius 3 is 2.50 bits per heavy atom. The highest BCUT2D eigenvalue weighted by Gasteiger charge is 2.42. The first kappa shape index (κ1) is 12.9. The van der Waals surface area contributed by atoms with Gasteiger partial charge in [-0.3, -0.25) is 4.79 Å². The van der Waals surface area contributed by atoms with Crippen LogP contribution in [-0.4, -0.2) is 34.6 Å². The Kier molecular flexibility index (Phi) is 2.91. The quantitative estimate of drug-likeness (QED) is 0.820. The molecule has 0 atom stereocenters. The number of benzene rings is 2. The van der Waals surface area contributed by atoms with Crippen molar-refractivity contribution in [3.05, 3.63) is 42.0 Å². The number of hydrogen-bond donors (Lipinski definition) is 2. The molecule has 3 rings (SSSR count). The number of nitrogen functional groups attached to an aromatic ring is 1. The summed E-state index contributed by atoms with van der Waals surface area (Å²) in [4.78, 5) is 14.1. The number of likely N-dealkylation sites (tertiary alicyclic amines) is 1. The normalized spacial score (nSPS) is 17.0. The van der Waals surface area contributed by atoms with Crippen LogP contribution >= 0.6 is 0 Å². The van der Waals surface area contributed by atoms with Crippen molar-refractivity contribution in [2.45, 2.75) is 18.9 Å². The Morgan fingerprint density at radius 1 is 1.30 bits per heavy atom. The minimum Gasteiger partial charge on any atom is -0.398 e. The third-order valence-electron chi connectivity index (χ3n) is 4.06. The Hall–Kier alpha value is -2.07. The minimum atomic E-state index is -0.721. The van der Waals surface area contributed by atoms with E-state index in [0.717, 1.165) is 10.8 Å². The predicted octanol–water partition coefficient (Wildman–Crippen LogP) is 2.02. The molecular formula is C16H18N2O2. The Morgan fingerprint density at radius 2 is 1.90 bits per heavy atom. The van der Waals surface area contributed by atoms with E-state index >= 15 is 0 Å². The van der Waals surface area contributed by atoms with E-state index in [-0.39, 0.29) is 5.91 Å². The summed E-state index contributed by atoms with van der Waals surface area (Å²) in [6, 6.07) is 11.5. The van der Waals surface area contributed by atoms with Crippen molar-refractivity contribution >= 4 is 22.4 Å². The van der Waals surface area contributed by atoms with E-state index in [0.29, 0.717) is 30.8 Å². The fourth-order valence-corrected chi connectivity index (χ4v) is 2.64. The van der Waals surface area contributed by atoms with Gasteiger partial charge in [0.05, 0.1) is 24.3 Å². The molecule has 104 valence electrons. The second kappa shape index (κ2) is 4.49. The zero-order valence-electron chi connectivity index (χ0n) is 11.5. The van der Waals surface area contributed by atoms with Gasteiger partial charge in [0.25, 0.3) is 5.91 Å². The lowest BCUT2D eigenvalue weighted by Crippen LogP contribution is -2.63. The summed E-state index contributed by atoms with van der Waals surface area (Å²) in [5, 5.41) is 12.0. The summed E-state index contributed by atoms with van der Waals surface area (Å²) in [7, 11) is 0. The molecule has 0 bridgehead atoms. The molecular weight excluding hydrogens is 252 g/mol. The molecule has 0 saturated carbocycles. The summed E-state index contributed by atoms with van der Waals surface area (Å²) in [6.45, 7) is 2.69. The molecule has 0 aromatic heterocycles. The van der Waals surface area contributed by atoms with Gasteiger partial charge in [-0.25, -0.2) is 0 Å². The highest BCUT2D eigenvalue weighted by molar-refractivity contribution is 6.04. The molecule has 4 nitrogen and oxygen atoms in total. The number of nitrogens with two attached hydrogens (primary N) is 1. The molecule has 1 fully saturated rings. The van der Waals surface area contributed by atoms with Gasteiger partial charge in [0.2, 0.25) is 0 Å². The maximum atomic E-state index is 12.4. The van der Waals surface area contributed by atoms with E-state index < -0.39 is 5.60 Å². The molecule has 1 saturated heterocycles. The maximum absolute atomic E-state index is 12.4. The number of nitrogens with zero attached hydrogens (tertiary/aromatic N) is 1. The van der Waals surface area contributed by atoms with Gasteiger partial charge >= 0.3 is 0 Å². The van der Waals surface area contributed by atoms with E-state index in [1.807, 2.05) is 43.3 Å². The third-order valence-corrected chi connectivity index (χ3v) is 4.06. The van der Waals surface area contributed by atoms with Gasteiger partial charge in [0, 0.05) is 5.69 Å². The highest BCUT2D eigenvalue weighted by Crippen LogP contribution is 2.29. The zero-order valence-corrected chi connectivity index (χ0v) is 11.5. The summed E-state index contributed by atoms with van der Waals surface area (Å²) in [6.07, 6.45) is 0.657. The average Bonchev–Trinajstić information content (AvgIpc) is 2.42. The average molecular weight is 270 g/mol. The molecule has 3 N–H and O–H groups in total. The van der Waals surface area contributed by atoms with Crippen molar-refractivity contribution < 1.29 is 9.90 Å². The number of carbonyl (C=O) groups excluding carboxylic acids is 1. The largest absolute Gasteiger partial charge is 0.398 e. The van der Waals surface area contributed by atoms with Gasteiger partial charge in [-0.1, -0.05) is 31.2 Å². The van der Waals surface area contributed by atoms with Crippen LogP contribution in [0, 0.1) is 0 Å². The zero-order chi connectivity index (χ0) is 14.3. The van der Waals surface area contributed by atoms with Crippen LogP contribution in [0.15, 0.2) is 36.4 Å². The van der Waals surface area contributed by atoms with Gasteiger partial charge in [0.1, 0.15) is 0 Å². The van der Waals surface area contributed by atoms with Gasteiger partial charge in [-0.05, 0) is 29.3 Å². The molecule has 0 spiro atoms. The minimum absolute atomic E-state index is 0.105. The maximum Gasteiger partial charge on any atom is 0.256 e. The Balaban J connectivity index is 1.91. The van der Waals surface area contributed by atoms with Gasteiger partial charge in [-0.2, -0.15) is 0 Å². The van der Waals surface area contributed by atoms with E-state index in [2.05, 4.69) is 0 Å². The van der Waals surface area contributed by atoms with Crippen LogP contribution in [0.5, 0.6) is 0 Å². The monoisotopic (exact) mass is 270 g/mol. The fourth-order valence-electron chi connectivity index (χ4n) is 2.64. The first-order valence-electron chi connectivity index (χ1n) is 6.82. The van der Waals surface area contributed by atoms with E-state index in [1.165, 1.54) is 0 Å². The van der Waals surface area contributed by atoms with Crippen LogP contribution in [-0.2, 0) is 0 Å². The second-order valence-corrected chi connectivity index (χ2v) is 5.53. The first-order chi connectivity index (χ1) is 9.52. The summed E-state index contributed by atoms with van der Waals surface area (Å²) in [5.41, 5.74) is 6.28. The molecule has 20 heavy (non-hydrogen) atoms. The molecule has 4 heteroatoms. The second-order valence-electron chi connectivity index (χ2n) is 5.53. The van der Waals surface area contributed by atoms with Gasteiger partial charge < -0.3 is 15.7 Å². The first-order valence-corrected chi connectivity index (χ1v) is 6.82. The van der Waals surface area contributed by atoms with Crippen molar-refractivity contribution in [3.8, 4) is 0 Å². The lowest BCUT2D eigenvalue weighted by atomic mass is 9.90. The van der Waals surface area contributed by atoms with Crippen LogP contribution in [0.3, 0.4) is 0 Å². The SMILES string of the molecule is CCC1(O)CN(C(=O)c2cc3ccccc3cc2N)C1. The fraction of sp³-hybridized carbons (Fsp3) is 0.312. The molecule has 2 aromatic rings. The van der Waals surface area contributed by atoms with Crippen LogP contribution in [0.2, 0.25) is 0 Å². The van der Waals surface area contributed by atoms with Crippen molar-refractivity contribution in [1.29, 1.82) is 0 Å². The highest BCUT2D eigenvalue weighted by atomic mass is 16.3. The standard InChI is InChI=1S/C16H18N2O2/c1-2-16(20)9-18(10-16)15(19)13-7-11-5-3-4-6-12(11)8-14(13)17/h3-8,20H,2,9-10,17H2,1H3. The van der Waals surface area contributed by atoms with Crippen molar-refractivity contribution in [2.75, 3.05) is 18.8 Å². The third kappa shape index (κ3) is 2.02. The number of fused-ring (bicyclic) bond motifs is 1. The topological polar surface area (TPSA) is 66.6 Å². The van der Waals surface area contributed by atoms with E-state index in [9.17, 15) is 9.90 Å². The molecule has 1 aliphatic rings. The van der Waals surface area contributed by atoms with Crippen molar-refractivity contribution in [1.82, 2.24) is 4.90 Å². The smallest absolute Gasteiger partial charge is 0.256 e. The summed E-state index contributed by atoms with van der Waals surface area (Å²) >= 11 is 0. The lowest BCUT2D eigenvalue weighted by molar-refractivity contribution is -0.0826. The number of carbonyl (C=O) groups is 1. The predicted molar refractivity (Wildman–Crippen MR) is 79.5 cm³/mol. The Labute approximate surface area is 117 Å². The molecule has 1 amide bonds. The molecule has 0 radical (unpaired) electrons. The summed E-state index contributed by atoms with van der Waals surface area (Å²) in [5.74, 6) is -0.105. The number of amides is 1. The number of hydrogen-bond acceptors (Lipinski definition) is 3. The van der Waals surface area contributed by atoms with Crippen molar-refractivity contribution in [3.63, 3.8) is 0 Å². The number of β-amino-alcohol motifs (C(OH)–C–C–N with tert-alkyl or cyclic N) is 1. The molecule has 1 heterocycles. The van der Waals surface area contributed by atoms with Gasteiger partial charge in [0.15, 0.2) is 0 Å². The molecule has 1 aliphatic heterocycles. The van der Waals surface area contributed by atoms with E-state index in [1.54, 1.807) is 4.90 Å². The molecule has 0 aliphatic carbocycles.